The largest absolute Gasteiger partial charge is 0.375 e. The number of carbonyl (C=O) groups excluding carboxylic acids is 2. The first-order chi connectivity index (χ1) is 10.5. The van der Waals surface area contributed by atoms with Gasteiger partial charge in [0, 0.05) is 18.8 Å². The molecule has 22 heavy (non-hydrogen) atoms. The van der Waals surface area contributed by atoms with Gasteiger partial charge in [-0.1, -0.05) is 18.2 Å². The third-order valence-corrected chi connectivity index (χ3v) is 3.75. The van der Waals surface area contributed by atoms with E-state index in [-0.39, 0.29) is 24.5 Å². The van der Waals surface area contributed by atoms with E-state index >= 15 is 0 Å². The number of para-hydroxylation sites is 1. The van der Waals surface area contributed by atoms with Gasteiger partial charge in [0.15, 0.2) is 0 Å². The highest BCUT2D eigenvalue weighted by atomic mass is 35.5. The van der Waals surface area contributed by atoms with Gasteiger partial charge >= 0.3 is 0 Å². The van der Waals surface area contributed by atoms with Crippen molar-refractivity contribution in [2.75, 3.05) is 31.1 Å². The topological polar surface area (TPSA) is 49.9 Å². The average molecular weight is 325 g/mol. The van der Waals surface area contributed by atoms with Crippen LogP contribution in [0.15, 0.2) is 30.3 Å². The van der Waals surface area contributed by atoms with E-state index in [1.807, 2.05) is 25.1 Å². The van der Waals surface area contributed by atoms with Crippen LogP contribution in [0.5, 0.6) is 0 Å². The summed E-state index contributed by atoms with van der Waals surface area (Å²) in [4.78, 5) is 28.0. The molecule has 1 aliphatic heterocycles. The Morgan fingerprint density at radius 1 is 1.41 bits per heavy atom. The Morgan fingerprint density at radius 2 is 2.09 bits per heavy atom. The zero-order chi connectivity index (χ0) is 16.1. The highest BCUT2D eigenvalue weighted by Gasteiger charge is 2.27. The number of rotatable bonds is 4. The first-order valence-corrected chi connectivity index (χ1v) is 7.82. The molecule has 2 amide bonds. The number of morpholine rings is 1. The number of hydrogen-bond donors (Lipinski definition) is 0. The van der Waals surface area contributed by atoms with E-state index in [9.17, 15) is 9.59 Å². The predicted octanol–water partition coefficient (Wildman–Crippen LogP) is 1.89. The SMILES string of the molecule is CC1CN(C(=O)CN(C(=O)C(C)Cl)c2ccccc2)CCO1. The van der Waals surface area contributed by atoms with Crippen molar-refractivity contribution < 1.29 is 14.3 Å². The van der Waals surface area contributed by atoms with Crippen LogP contribution in [0, 0.1) is 0 Å². The van der Waals surface area contributed by atoms with Crippen molar-refractivity contribution >= 4 is 29.1 Å². The Bertz CT molecular complexity index is 521. The van der Waals surface area contributed by atoms with E-state index in [1.54, 1.807) is 24.0 Å². The molecule has 0 aromatic heterocycles. The van der Waals surface area contributed by atoms with E-state index in [4.69, 9.17) is 16.3 Å². The molecule has 1 saturated heterocycles. The maximum absolute atomic E-state index is 12.5. The van der Waals surface area contributed by atoms with Gasteiger partial charge in [-0.25, -0.2) is 0 Å². The minimum atomic E-state index is -0.684. The number of halogens is 1. The third-order valence-electron chi connectivity index (χ3n) is 3.56. The minimum absolute atomic E-state index is 0.00731. The first-order valence-electron chi connectivity index (χ1n) is 7.39. The van der Waals surface area contributed by atoms with Gasteiger partial charge in [-0.05, 0) is 26.0 Å². The summed E-state index contributed by atoms with van der Waals surface area (Å²) in [6.07, 6.45) is 0.0190. The number of nitrogens with zero attached hydrogens (tertiary/aromatic N) is 2. The van der Waals surface area contributed by atoms with Gasteiger partial charge in [-0.3, -0.25) is 9.59 Å². The summed E-state index contributed by atoms with van der Waals surface area (Å²) in [6.45, 7) is 5.16. The van der Waals surface area contributed by atoms with Crippen LogP contribution in [0.1, 0.15) is 13.8 Å². The van der Waals surface area contributed by atoms with Crippen LogP contribution in [0.3, 0.4) is 0 Å². The highest BCUT2D eigenvalue weighted by Crippen LogP contribution is 2.17. The molecule has 120 valence electrons. The fraction of sp³-hybridized carbons (Fsp3) is 0.500. The van der Waals surface area contributed by atoms with Crippen molar-refractivity contribution in [2.45, 2.75) is 25.3 Å². The summed E-state index contributed by atoms with van der Waals surface area (Å²) in [5, 5.41) is -0.684. The van der Waals surface area contributed by atoms with Gasteiger partial charge in [0.25, 0.3) is 0 Å². The molecular weight excluding hydrogens is 304 g/mol. The third kappa shape index (κ3) is 4.21. The molecule has 1 aromatic rings. The second-order valence-corrected chi connectivity index (χ2v) is 6.05. The van der Waals surface area contributed by atoms with Crippen LogP contribution in [0.25, 0.3) is 0 Å². The smallest absolute Gasteiger partial charge is 0.245 e. The molecule has 2 rings (SSSR count). The van der Waals surface area contributed by atoms with Gasteiger partial charge in [0.1, 0.15) is 11.9 Å². The number of anilines is 1. The van der Waals surface area contributed by atoms with Crippen molar-refractivity contribution in [2.24, 2.45) is 0 Å². The maximum Gasteiger partial charge on any atom is 0.245 e. The fourth-order valence-electron chi connectivity index (χ4n) is 2.40. The van der Waals surface area contributed by atoms with Crippen molar-refractivity contribution in [3.05, 3.63) is 30.3 Å². The first kappa shape index (κ1) is 16.8. The van der Waals surface area contributed by atoms with Crippen LogP contribution in [-0.2, 0) is 14.3 Å². The van der Waals surface area contributed by atoms with Gasteiger partial charge in [-0.2, -0.15) is 0 Å². The number of hydrogen-bond acceptors (Lipinski definition) is 3. The molecule has 2 atom stereocenters. The Labute approximate surface area is 135 Å². The van der Waals surface area contributed by atoms with Gasteiger partial charge in [0.05, 0.1) is 12.7 Å². The Kier molecular flexibility index (Phi) is 5.80. The molecule has 0 saturated carbocycles. The predicted molar refractivity (Wildman–Crippen MR) is 86.1 cm³/mol. The Morgan fingerprint density at radius 3 is 2.68 bits per heavy atom. The average Bonchev–Trinajstić information content (AvgIpc) is 2.52. The molecule has 0 spiro atoms. The van der Waals surface area contributed by atoms with Crippen LogP contribution in [-0.4, -0.2) is 54.4 Å². The van der Waals surface area contributed by atoms with Crippen molar-refractivity contribution in [3.8, 4) is 0 Å². The molecule has 1 heterocycles. The molecule has 6 heteroatoms. The monoisotopic (exact) mass is 324 g/mol. The summed E-state index contributed by atoms with van der Waals surface area (Å²) in [6, 6.07) is 9.12. The number of ether oxygens (including phenoxy) is 1. The summed E-state index contributed by atoms with van der Waals surface area (Å²) < 4.78 is 5.44. The number of benzene rings is 1. The molecule has 0 N–H and O–H groups in total. The fourth-order valence-corrected chi connectivity index (χ4v) is 2.52. The van der Waals surface area contributed by atoms with Gasteiger partial charge in [-0.15, -0.1) is 11.6 Å². The zero-order valence-corrected chi connectivity index (χ0v) is 13.6. The van der Waals surface area contributed by atoms with Crippen LogP contribution in [0.4, 0.5) is 5.69 Å². The van der Waals surface area contributed by atoms with Gasteiger partial charge in [0.2, 0.25) is 11.8 Å². The zero-order valence-electron chi connectivity index (χ0n) is 12.9. The summed E-state index contributed by atoms with van der Waals surface area (Å²) in [7, 11) is 0. The quantitative estimate of drug-likeness (QED) is 0.795. The molecule has 0 radical (unpaired) electrons. The molecule has 1 aromatic carbocycles. The van der Waals surface area contributed by atoms with Crippen LogP contribution in [0.2, 0.25) is 0 Å². The molecular formula is C16H21ClN2O3. The Hall–Kier alpha value is -1.59. The molecule has 0 aliphatic carbocycles. The molecule has 1 fully saturated rings. The van der Waals surface area contributed by atoms with E-state index in [2.05, 4.69) is 0 Å². The summed E-state index contributed by atoms with van der Waals surface area (Å²) in [5.41, 5.74) is 0.676. The van der Waals surface area contributed by atoms with Gasteiger partial charge < -0.3 is 14.5 Å². The Balaban J connectivity index is 2.12. The molecule has 5 nitrogen and oxygen atoms in total. The lowest BCUT2D eigenvalue weighted by Gasteiger charge is -2.33. The maximum atomic E-state index is 12.5. The van der Waals surface area contributed by atoms with Crippen molar-refractivity contribution in [1.29, 1.82) is 0 Å². The molecule has 0 bridgehead atoms. The van der Waals surface area contributed by atoms with E-state index in [0.717, 1.165) is 0 Å². The van der Waals surface area contributed by atoms with E-state index < -0.39 is 5.38 Å². The summed E-state index contributed by atoms with van der Waals surface area (Å²) in [5.74, 6) is -0.368. The van der Waals surface area contributed by atoms with E-state index in [1.165, 1.54) is 4.90 Å². The summed E-state index contributed by atoms with van der Waals surface area (Å²) >= 11 is 5.93. The number of carbonyl (C=O) groups is 2. The lowest BCUT2D eigenvalue weighted by Crippen LogP contribution is -2.50. The van der Waals surface area contributed by atoms with Crippen molar-refractivity contribution in [3.63, 3.8) is 0 Å². The number of alkyl halides is 1. The highest BCUT2D eigenvalue weighted by molar-refractivity contribution is 6.32. The minimum Gasteiger partial charge on any atom is -0.375 e. The molecule has 2 unspecified atom stereocenters. The normalized spacial score (nSPS) is 19.6. The molecule has 1 aliphatic rings. The lowest BCUT2D eigenvalue weighted by atomic mass is 10.2. The number of amides is 2. The second kappa shape index (κ2) is 7.61. The lowest BCUT2D eigenvalue weighted by molar-refractivity contribution is -0.137. The van der Waals surface area contributed by atoms with E-state index in [0.29, 0.717) is 25.4 Å². The van der Waals surface area contributed by atoms with Crippen molar-refractivity contribution in [1.82, 2.24) is 4.90 Å². The second-order valence-electron chi connectivity index (χ2n) is 5.40. The van der Waals surface area contributed by atoms with Crippen LogP contribution < -0.4 is 4.90 Å². The standard InChI is InChI=1S/C16H21ClN2O3/c1-12-10-18(8-9-22-12)15(20)11-19(16(21)13(2)17)14-6-4-3-5-7-14/h3-7,12-13H,8-11H2,1-2H3. The van der Waals surface area contributed by atoms with Crippen LogP contribution >= 0.6 is 11.6 Å².